The molecule has 0 aliphatic carbocycles. The van der Waals surface area contributed by atoms with Crippen LogP contribution < -0.4 is 10.6 Å². The molecule has 0 radical (unpaired) electrons. The Labute approximate surface area is 136 Å². The van der Waals surface area contributed by atoms with Crippen molar-refractivity contribution in [3.8, 4) is 5.75 Å². The first-order valence-corrected chi connectivity index (χ1v) is 7.98. The van der Waals surface area contributed by atoms with E-state index < -0.39 is 12.0 Å². The Morgan fingerprint density at radius 3 is 2.61 bits per heavy atom. The molecule has 0 bridgehead atoms. The van der Waals surface area contributed by atoms with Crippen LogP contribution in [0.5, 0.6) is 5.75 Å². The van der Waals surface area contributed by atoms with Gasteiger partial charge in [0.15, 0.2) is 0 Å². The molecule has 0 saturated carbocycles. The molecule has 2 rings (SSSR count). The van der Waals surface area contributed by atoms with Crippen LogP contribution >= 0.6 is 0 Å². The Balaban J connectivity index is 2.05. The van der Waals surface area contributed by atoms with Gasteiger partial charge in [-0.05, 0) is 50.9 Å². The number of phenols is 1. The largest absolute Gasteiger partial charge is 0.508 e. The van der Waals surface area contributed by atoms with Gasteiger partial charge in [0.2, 0.25) is 5.91 Å². The maximum atomic E-state index is 12.3. The predicted octanol–water partition coefficient (Wildman–Crippen LogP) is 1.12. The SMILES string of the molecule is CC(C)OC(=O)[C@H](Cc1ccc(O)cc1)NC(=O)[C@@H]1CCCN1. The van der Waals surface area contributed by atoms with Crippen molar-refractivity contribution in [1.82, 2.24) is 10.6 Å². The van der Waals surface area contributed by atoms with E-state index in [1.807, 2.05) is 0 Å². The lowest BCUT2D eigenvalue weighted by atomic mass is 10.0. The molecular weight excluding hydrogens is 296 g/mol. The number of hydrogen-bond donors (Lipinski definition) is 3. The molecule has 6 nitrogen and oxygen atoms in total. The van der Waals surface area contributed by atoms with Gasteiger partial charge in [-0.1, -0.05) is 12.1 Å². The number of benzene rings is 1. The highest BCUT2D eigenvalue weighted by atomic mass is 16.5. The molecule has 1 aromatic carbocycles. The minimum Gasteiger partial charge on any atom is -0.508 e. The summed E-state index contributed by atoms with van der Waals surface area (Å²) in [6.45, 7) is 4.36. The van der Waals surface area contributed by atoms with E-state index in [4.69, 9.17) is 4.74 Å². The normalized spacial score (nSPS) is 18.7. The van der Waals surface area contributed by atoms with Crippen LogP contribution in [0.3, 0.4) is 0 Å². The zero-order valence-electron chi connectivity index (χ0n) is 13.5. The Morgan fingerprint density at radius 1 is 1.35 bits per heavy atom. The monoisotopic (exact) mass is 320 g/mol. The van der Waals surface area contributed by atoms with E-state index in [0.29, 0.717) is 6.42 Å². The highest BCUT2D eigenvalue weighted by Crippen LogP contribution is 2.13. The Morgan fingerprint density at radius 2 is 2.04 bits per heavy atom. The fourth-order valence-electron chi connectivity index (χ4n) is 2.56. The summed E-state index contributed by atoms with van der Waals surface area (Å²) in [6, 6.07) is 5.58. The zero-order valence-corrected chi connectivity index (χ0v) is 13.5. The van der Waals surface area contributed by atoms with E-state index in [-0.39, 0.29) is 23.8 Å². The lowest BCUT2D eigenvalue weighted by Crippen LogP contribution is -2.50. The summed E-state index contributed by atoms with van der Waals surface area (Å²) in [5, 5.41) is 15.2. The van der Waals surface area contributed by atoms with E-state index in [2.05, 4.69) is 10.6 Å². The molecule has 126 valence electrons. The summed E-state index contributed by atoms with van der Waals surface area (Å²) in [5.41, 5.74) is 0.841. The molecule has 1 fully saturated rings. The van der Waals surface area contributed by atoms with Crippen LogP contribution in [-0.4, -0.2) is 41.7 Å². The maximum Gasteiger partial charge on any atom is 0.329 e. The van der Waals surface area contributed by atoms with Gasteiger partial charge in [0.1, 0.15) is 11.8 Å². The van der Waals surface area contributed by atoms with E-state index in [1.54, 1.807) is 38.1 Å². The van der Waals surface area contributed by atoms with Crippen LogP contribution in [0, 0.1) is 0 Å². The third kappa shape index (κ3) is 5.25. The van der Waals surface area contributed by atoms with Crippen LogP contribution in [0.25, 0.3) is 0 Å². The summed E-state index contributed by atoms with van der Waals surface area (Å²) in [4.78, 5) is 24.5. The molecule has 1 aromatic rings. The zero-order chi connectivity index (χ0) is 16.8. The quantitative estimate of drug-likeness (QED) is 0.684. The minimum atomic E-state index is -0.739. The van der Waals surface area contributed by atoms with Crippen molar-refractivity contribution in [2.75, 3.05) is 6.54 Å². The Bertz CT molecular complexity index is 536. The van der Waals surface area contributed by atoms with E-state index >= 15 is 0 Å². The van der Waals surface area contributed by atoms with Gasteiger partial charge in [-0.25, -0.2) is 4.79 Å². The van der Waals surface area contributed by atoms with Crippen molar-refractivity contribution in [2.24, 2.45) is 0 Å². The number of phenolic OH excluding ortho intramolecular Hbond substituents is 1. The summed E-state index contributed by atoms with van der Waals surface area (Å²) in [6.07, 6.45) is 1.81. The van der Waals surface area contributed by atoms with Gasteiger partial charge in [0.05, 0.1) is 12.1 Å². The summed E-state index contributed by atoms with van der Waals surface area (Å²) in [5.74, 6) is -0.458. The van der Waals surface area contributed by atoms with E-state index in [9.17, 15) is 14.7 Å². The van der Waals surface area contributed by atoms with Crippen LogP contribution in [0.15, 0.2) is 24.3 Å². The van der Waals surface area contributed by atoms with Crippen molar-refractivity contribution in [3.05, 3.63) is 29.8 Å². The first-order chi connectivity index (χ1) is 11.0. The van der Waals surface area contributed by atoms with E-state index in [1.165, 1.54) is 0 Å². The molecular formula is C17H24N2O4. The highest BCUT2D eigenvalue weighted by Gasteiger charge is 2.28. The van der Waals surface area contributed by atoms with Gasteiger partial charge < -0.3 is 20.5 Å². The summed E-state index contributed by atoms with van der Waals surface area (Å²) >= 11 is 0. The van der Waals surface area contributed by atoms with Crippen LogP contribution in [0.2, 0.25) is 0 Å². The van der Waals surface area contributed by atoms with Gasteiger partial charge >= 0.3 is 5.97 Å². The first kappa shape index (κ1) is 17.3. The number of esters is 1. The standard InChI is InChI=1S/C17H24N2O4/c1-11(2)23-17(22)15(10-12-5-7-13(20)8-6-12)19-16(21)14-4-3-9-18-14/h5-8,11,14-15,18,20H,3-4,9-10H2,1-2H3,(H,19,21)/t14-,15-/m0/s1. The second-order valence-corrected chi connectivity index (χ2v) is 6.07. The summed E-state index contributed by atoms with van der Waals surface area (Å²) < 4.78 is 5.25. The molecule has 0 spiro atoms. The van der Waals surface area contributed by atoms with Crippen molar-refractivity contribution in [2.45, 2.75) is 51.3 Å². The highest BCUT2D eigenvalue weighted by molar-refractivity contribution is 5.88. The van der Waals surface area contributed by atoms with Crippen molar-refractivity contribution < 1.29 is 19.4 Å². The molecule has 1 aliphatic heterocycles. The number of carbonyl (C=O) groups is 2. The summed E-state index contributed by atoms with van der Waals surface area (Å²) in [7, 11) is 0. The average molecular weight is 320 g/mol. The molecule has 1 amide bonds. The smallest absolute Gasteiger partial charge is 0.329 e. The van der Waals surface area contributed by atoms with Gasteiger partial charge in [-0.15, -0.1) is 0 Å². The number of ether oxygens (including phenoxy) is 1. The fourth-order valence-corrected chi connectivity index (χ4v) is 2.56. The van der Waals surface area contributed by atoms with Crippen molar-refractivity contribution >= 4 is 11.9 Å². The third-order valence-electron chi connectivity index (χ3n) is 3.71. The van der Waals surface area contributed by atoms with Crippen LogP contribution in [-0.2, 0) is 20.7 Å². The van der Waals surface area contributed by atoms with Gasteiger partial charge in [0, 0.05) is 6.42 Å². The second-order valence-electron chi connectivity index (χ2n) is 6.07. The maximum absolute atomic E-state index is 12.3. The van der Waals surface area contributed by atoms with Gasteiger partial charge in [0.25, 0.3) is 0 Å². The Kier molecular flexibility index (Phi) is 5.98. The number of rotatable bonds is 6. The minimum absolute atomic E-state index is 0.161. The number of nitrogens with one attached hydrogen (secondary N) is 2. The molecule has 0 unspecified atom stereocenters. The molecule has 1 aliphatic rings. The molecule has 23 heavy (non-hydrogen) atoms. The average Bonchev–Trinajstić information content (AvgIpc) is 3.02. The topological polar surface area (TPSA) is 87.7 Å². The van der Waals surface area contributed by atoms with Crippen molar-refractivity contribution in [3.63, 3.8) is 0 Å². The number of aromatic hydroxyl groups is 1. The third-order valence-corrected chi connectivity index (χ3v) is 3.71. The number of carbonyl (C=O) groups excluding carboxylic acids is 2. The van der Waals surface area contributed by atoms with Crippen molar-refractivity contribution in [1.29, 1.82) is 0 Å². The van der Waals surface area contributed by atoms with Crippen LogP contribution in [0.1, 0.15) is 32.3 Å². The molecule has 2 atom stereocenters. The van der Waals surface area contributed by atoms with E-state index in [0.717, 1.165) is 24.9 Å². The lowest BCUT2D eigenvalue weighted by molar-refractivity contribution is -0.151. The number of amides is 1. The molecule has 3 N–H and O–H groups in total. The molecule has 6 heteroatoms. The van der Waals surface area contributed by atoms with Crippen LogP contribution in [0.4, 0.5) is 0 Å². The first-order valence-electron chi connectivity index (χ1n) is 7.98. The predicted molar refractivity (Wildman–Crippen MR) is 86.0 cm³/mol. The molecule has 1 saturated heterocycles. The lowest BCUT2D eigenvalue weighted by Gasteiger charge is -2.21. The van der Waals surface area contributed by atoms with Gasteiger partial charge in [-0.3, -0.25) is 4.79 Å². The van der Waals surface area contributed by atoms with Gasteiger partial charge in [-0.2, -0.15) is 0 Å². The Hall–Kier alpha value is -2.08. The number of hydrogen-bond acceptors (Lipinski definition) is 5. The fraction of sp³-hybridized carbons (Fsp3) is 0.529. The molecule has 1 heterocycles. The second kappa shape index (κ2) is 7.97. The molecule has 0 aromatic heterocycles.